The zero-order chi connectivity index (χ0) is 22.9. The quantitative estimate of drug-likeness (QED) is 0.595. The Bertz CT molecular complexity index is 1080. The molecule has 1 atom stereocenters. The Morgan fingerprint density at radius 1 is 1.10 bits per heavy atom. The standard InChI is InChI=1S/C18H13F6N3O2S/c1-18(10-26,11-29-14-4-7-16(19)13(8-14)9-25)27-17(28)12-2-5-15(6-3-12)30(20,21,22,23)24/h2-8H,11H2,1H3,(H,27,28). The van der Waals surface area contributed by atoms with E-state index in [1.165, 1.54) is 13.0 Å². The molecule has 30 heavy (non-hydrogen) atoms. The highest BCUT2D eigenvalue weighted by Crippen LogP contribution is 3.02. The minimum absolute atomic E-state index is 0.0314. The Morgan fingerprint density at radius 2 is 1.70 bits per heavy atom. The van der Waals surface area contributed by atoms with Gasteiger partial charge >= 0.3 is 10.2 Å². The van der Waals surface area contributed by atoms with Crippen molar-refractivity contribution in [1.29, 1.82) is 10.5 Å². The van der Waals surface area contributed by atoms with Gasteiger partial charge in [0.25, 0.3) is 5.91 Å². The second-order valence-electron chi connectivity index (χ2n) is 6.43. The monoisotopic (exact) mass is 449 g/mol. The van der Waals surface area contributed by atoms with Crippen molar-refractivity contribution in [3.8, 4) is 17.9 Å². The molecule has 0 aliphatic rings. The molecular formula is C18H13F6N3O2S. The summed E-state index contributed by atoms with van der Waals surface area (Å²) in [6.07, 6.45) is 0. The van der Waals surface area contributed by atoms with E-state index in [4.69, 9.17) is 10.00 Å². The number of benzene rings is 2. The maximum absolute atomic E-state index is 13.3. The van der Waals surface area contributed by atoms with Gasteiger partial charge in [0.2, 0.25) is 0 Å². The molecule has 0 aromatic heterocycles. The minimum atomic E-state index is -9.87. The highest BCUT2D eigenvalue weighted by atomic mass is 32.5. The Kier molecular flexibility index (Phi) is 5.23. The average Bonchev–Trinajstić information content (AvgIpc) is 2.65. The van der Waals surface area contributed by atoms with Gasteiger partial charge in [-0.1, -0.05) is 19.4 Å². The zero-order valence-corrected chi connectivity index (χ0v) is 16.0. The molecule has 1 unspecified atom stereocenters. The van der Waals surface area contributed by atoms with Crippen LogP contribution in [-0.4, -0.2) is 18.1 Å². The third-order valence-electron chi connectivity index (χ3n) is 3.78. The number of hydrogen-bond donors (Lipinski definition) is 1. The van der Waals surface area contributed by atoms with Crippen molar-refractivity contribution in [3.05, 3.63) is 59.4 Å². The Morgan fingerprint density at radius 3 is 2.20 bits per heavy atom. The first-order valence-corrected chi connectivity index (χ1v) is 9.92. The molecule has 0 bridgehead atoms. The van der Waals surface area contributed by atoms with Crippen LogP contribution in [0.4, 0.5) is 23.8 Å². The van der Waals surface area contributed by atoms with Gasteiger partial charge in [-0.3, -0.25) is 4.79 Å². The number of nitrogens with zero attached hydrogens (tertiary/aromatic N) is 2. The van der Waals surface area contributed by atoms with Gasteiger partial charge in [0.15, 0.2) is 5.54 Å². The van der Waals surface area contributed by atoms with Crippen LogP contribution >= 0.6 is 10.2 Å². The molecule has 0 saturated heterocycles. The molecule has 2 aromatic carbocycles. The van der Waals surface area contributed by atoms with Gasteiger partial charge in [-0.2, -0.15) is 10.5 Å². The topological polar surface area (TPSA) is 85.9 Å². The minimum Gasteiger partial charge on any atom is -0.490 e. The maximum atomic E-state index is 13.3. The first-order valence-electron chi connectivity index (χ1n) is 7.97. The second-order valence-corrected chi connectivity index (χ2v) is 8.84. The summed E-state index contributed by atoms with van der Waals surface area (Å²) in [5.74, 6) is -1.76. The molecule has 0 aliphatic heterocycles. The molecule has 1 amide bonds. The molecule has 2 aromatic rings. The summed E-state index contributed by atoms with van der Waals surface area (Å²) in [6.45, 7) is 0.776. The first kappa shape index (κ1) is 22.9. The maximum Gasteiger partial charge on any atom is 0.310 e. The van der Waals surface area contributed by atoms with E-state index < -0.39 is 44.6 Å². The Hall–Kier alpha value is -3.38. The molecule has 0 heterocycles. The lowest BCUT2D eigenvalue weighted by Crippen LogP contribution is -2.49. The lowest BCUT2D eigenvalue weighted by molar-refractivity contribution is 0.0901. The largest absolute Gasteiger partial charge is 0.490 e. The van der Waals surface area contributed by atoms with Crippen molar-refractivity contribution in [3.63, 3.8) is 0 Å². The van der Waals surface area contributed by atoms with Gasteiger partial charge < -0.3 is 10.1 Å². The summed E-state index contributed by atoms with van der Waals surface area (Å²) in [5, 5.41) is 20.3. The molecule has 0 saturated carbocycles. The van der Waals surface area contributed by atoms with E-state index >= 15 is 0 Å². The number of halogens is 6. The summed E-state index contributed by atoms with van der Waals surface area (Å²) in [4.78, 5) is 10.1. The third-order valence-corrected chi connectivity index (χ3v) is 4.95. The number of nitrogens with one attached hydrogen (secondary N) is 1. The predicted molar refractivity (Wildman–Crippen MR) is 95.9 cm³/mol. The fourth-order valence-electron chi connectivity index (χ4n) is 2.19. The molecule has 0 fully saturated rings. The number of nitriles is 2. The number of hydrogen-bond acceptors (Lipinski definition) is 4. The molecular weight excluding hydrogens is 436 g/mol. The number of ether oxygens (including phenoxy) is 1. The van der Waals surface area contributed by atoms with Crippen LogP contribution in [0.5, 0.6) is 5.75 Å². The first-order chi connectivity index (χ1) is 13.6. The molecule has 0 spiro atoms. The van der Waals surface area contributed by atoms with Crippen LogP contribution in [0.15, 0.2) is 47.4 Å². The van der Waals surface area contributed by atoms with E-state index in [9.17, 15) is 33.9 Å². The van der Waals surface area contributed by atoms with Crippen molar-refractivity contribution in [2.45, 2.75) is 17.4 Å². The summed E-state index contributed by atoms with van der Waals surface area (Å²) in [5.41, 5.74) is -2.38. The summed E-state index contributed by atoms with van der Waals surface area (Å²) in [7, 11) is -9.87. The molecule has 0 aliphatic carbocycles. The van der Waals surface area contributed by atoms with Crippen LogP contribution in [0.25, 0.3) is 0 Å². The van der Waals surface area contributed by atoms with Gasteiger partial charge in [-0.25, -0.2) is 4.39 Å². The molecule has 1 N–H and O–H groups in total. The van der Waals surface area contributed by atoms with E-state index in [2.05, 4.69) is 5.32 Å². The van der Waals surface area contributed by atoms with Gasteiger partial charge in [0, 0.05) is 11.6 Å². The van der Waals surface area contributed by atoms with E-state index in [1.54, 1.807) is 12.1 Å². The van der Waals surface area contributed by atoms with Crippen LogP contribution in [0.1, 0.15) is 22.8 Å². The fraction of sp³-hybridized carbons (Fsp3) is 0.167. The third kappa shape index (κ3) is 5.58. The van der Waals surface area contributed by atoms with Gasteiger partial charge in [-0.15, -0.1) is 0 Å². The lowest BCUT2D eigenvalue weighted by Gasteiger charge is -2.40. The van der Waals surface area contributed by atoms with Crippen molar-refractivity contribution in [1.82, 2.24) is 5.32 Å². The number of rotatable bonds is 6. The van der Waals surface area contributed by atoms with Crippen LogP contribution in [0, 0.1) is 28.5 Å². The molecule has 12 heteroatoms. The summed E-state index contributed by atoms with van der Waals surface area (Å²) >= 11 is 0. The van der Waals surface area contributed by atoms with E-state index in [0.29, 0.717) is 12.1 Å². The lowest BCUT2D eigenvalue weighted by atomic mass is 10.1. The van der Waals surface area contributed by atoms with E-state index in [1.807, 2.05) is 0 Å². The van der Waals surface area contributed by atoms with Crippen molar-refractivity contribution in [2.24, 2.45) is 0 Å². The van der Waals surface area contributed by atoms with Crippen LogP contribution < -0.4 is 10.1 Å². The Balaban J connectivity index is 2.14. The van der Waals surface area contributed by atoms with Crippen molar-refractivity contribution >= 4 is 16.1 Å². The average molecular weight is 449 g/mol. The smallest absolute Gasteiger partial charge is 0.310 e. The van der Waals surface area contributed by atoms with Gasteiger partial charge in [-0.05, 0) is 43.3 Å². The summed E-state index contributed by atoms with van der Waals surface area (Å²) in [6, 6.07) is 7.86. The second kappa shape index (κ2) is 6.85. The number of carbonyl (C=O) groups is 1. The highest BCUT2D eigenvalue weighted by molar-refractivity contribution is 8.45. The van der Waals surface area contributed by atoms with Crippen molar-refractivity contribution in [2.75, 3.05) is 6.61 Å². The van der Waals surface area contributed by atoms with Crippen LogP contribution in [-0.2, 0) is 0 Å². The number of amides is 1. The zero-order valence-electron chi connectivity index (χ0n) is 15.1. The number of carbonyl (C=O) groups excluding carboxylic acids is 1. The SMILES string of the molecule is CC(C#N)(COc1ccc(F)c(C#N)c1)NC(=O)c1ccc(S(F)(F)(F)(F)F)cc1. The molecule has 0 radical (unpaired) electrons. The molecule has 2 rings (SSSR count). The van der Waals surface area contributed by atoms with Gasteiger partial charge in [0.1, 0.15) is 29.1 Å². The Labute approximate surface area is 167 Å². The van der Waals surface area contributed by atoms with Gasteiger partial charge in [0.05, 0.1) is 11.6 Å². The predicted octanol–water partition coefficient (Wildman–Crippen LogP) is 5.45. The fourth-order valence-corrected chi connectivity index (χ4v) is 2.84. The van der Waals surface area contributed by atoms with Crippen LogP contribution in [0.3, 0.4) is 0 Å². The summed E-state index contributed by atoms with van der Waals surface area (Å²) < 4.78 is 82.3. The van der Waals surface area contributed by atoms with Crippen molar-refractivity contribution < 1.29 is 33.4 Å². The van der Waals surface area contributed by atoms with E-state index in [-0.39, 0.29) is 23.4 Å². The molecule has 160 valence electrons. The molecule has 5 nitrogen and oxygen atoms in total. The highest BCUT2D eigenvalue weighted by Gasteiger charge is 2.65. The normalized spacial score (nSPS) is 15.5. The van der Waals surface area contributed by atoms with E-state index in [0.717, 1.165) is 12.1 Å². The van der Waals surface area contributed by atoms with Crippen LogP contribution in [0.2, 0.25) is 0 Å².